The summed E-state index contributed by atoms with van der Waals surface area (Å²) in [5.74, 6) is -3.60. The van der Waals surface area contributed by atoms with Gasteiger partial charge in [0, 0.05) is 17.0 Å². The standard InChI is InChI=1S/C14H10O6S2/c15-11(7-12(16)14(17)18)9-6-13(21-8-9)22(19,20)10-4-2-1-3-5-10/h1-8,15H,(H,17,18). The van der Waals surface area contributed by atoms with Crippen LogP contribution >= 0.6 is 11.3 Å². The lowest BCUT2D eigenvalue weighted by molar-refractivity contribution is -0.146. The van der Waals surface area contributed by atoms with E-state index in [1.165, 1.54) is 23.6 Å². The highest BCUT2D eigenvalue weighted by Crippen LogP contribution is 2.29. The first-order chi connectivity index (χ1) is 10.3. The van der Waals surface area contributed by atoms with Crippen molar-refractivity contribution in [1.82, 2.24) is 0 Å². The van der Waals surface area contributed by atoms with E-state index in [1.54, 1.807) is 18.2 Å². The molecule has 2 aromatic rings. The van der Waals surface area contributed by atoms with Gasteiger partial charge in [-0.15, -0.1) is 11.3 Å². The lowest BCUT2D eigenvalue weighted by Crippen LogP contribution is -2.09. The third-order valence-corrected chi connectivity index (χ3v) is 5.88. The molecule has 0 aliphatic rings. The Hall–Kier alpha value is -2.45. The van der Waals surface area contributed by atoms with Gasteiger partial charge >= 0.3 is 5.97 Å². The van der Waals surface area contributed by atoms with Crippen LogP contribution in [-0.4, -0.2) is 30.4 Å². The summed E-state index contributed by atoms with van der Waals surface area (Å²) in [4.78, 5) is 21.5. The first kappa shape index (κ1) is 15.9. The molecular formula is C14H10O6S2. The van der Waals surface area contributed by atoms with Crippen LogP contribution in [0.15, 0.2) is 57.0 Å². The van der Waals surface area contributed by atoms with E-state index in [9.17, 15) is 23.1 Å². The van der Waals surface area contributed by atoms with Gasteiger partial charge in [-0.25, -0.2) is 13.2 Å². The molecule has 0 spiro atoms. The summed E-state index contributed by atoms with van der Waals surface area (Å²) in [7, 11) is -3.72. The Labute approximate surface area is 129 Å². The van der Waals surface area contributed by atoms with Crippen molar-refractivity contribution in [3.05, 3.63) is 53.4 Å². The SMILES string of the molecule is O=C(O)C(=O)C=C(O)c1csc(S(=O)(=O)c2ccccc2)c1. The van der Waals surface area contributed by atoms with Crippen LogP contribution in [0.1, 0.15) is 5.56 Å². The van der Waals surface area contributed by atoms with Gasteiger partial charge in [-0.2, -0.15) is 0 Å². The zero-order valence-corrected chi connectivity index (χ0v) is 12.6. The molecule has 0 amide bonds. The fourth-order valence-corrected chi connectivity index (χ4v) is 4.17. The minimum atomic E-state index is -3.72. The van der Waals surface area contributed by atoms with Crippen molar-refractivity contribution in [3.63, 3.8) is 0 Å². The Morgan fingerprint density at radius 1 is 1.09 bits per heavy atom. The smallest absolute Gasteiger partial charge is 0.376 e. The third-order valence-electron chi connectivity index (χ3n) is 2.67. The number of thiophene rings is 1. The molecule has 0 saturated heterocycles. The number of sulfone groups is 1. The number of carboxylic acids is 1. The summed E-state index contributed by atoms with van der Waals surface area (Å²) >= 11 is 0.868. The Balaban J connectivity index is 2.37. The fourth-order valence-electron chi connectivity index (χ4n) is 1.58. The number of hydrogen-bond acceptors (Lipinski definition) is 6. The van der Waals surface area contributed by atoms with E-state index < -0.39 is 27.3 Å². The van der Waals surface area contributed by atoms with Crippen LogP contribution in [0.25, 0.3) is 5.76 Å². The molecule has 0 atom stereocenters. The zero-order valence-electron chi connectivity index (χ0n) is 11.0. The largest absolute Gasteiger partial charge is 0.507 e. The van der Waals surface area contributed by atoms with Crippen molar-refractivity contribution < 1.29 is 28.2 Å². The lowest BCUT2D eigenvalue weighted by Gasteiger charge is -2.00. The fraction of sp³-hybridized carbons (Fsp3) is 0. The van der Waals surface area contributed by atoms with Gasteiger partial charge in [0.1, 0.15) is 9.97 Å². The number of carbonyl (C=O) groups is 2. The molecule has 0 fully saturated rings. The summed E-state index contributed by atoms with van der Waals surface area (Å²) in [6, 6.07) is 8.93. The minimum Gasteiger partial charge on any atom is -0.507 e. The van der Waals surface area contributed by atoms with E-state index in [1.807, 2.05) is 0 Å². The average Bonchev–Trinajstić information content (AvgIpc) is 2.98. The van der Waals surface area contributed by atoms with Gasteiger partial charge in [-0.3, -0.25) is 4.79 Å². The van der Waals surface area contributed by atoms with Gasteiger partial charge in [-0.05, 0) is 18.2 Å². The molecule has 2 rings (SSSR count). The number of hydrogen-bond donors (Lipinski definition) is 2. The highest BCUT2D eigenvalue weighted by atomic mass is 32.2. The maximum absolute atomic E-state index is 12.3. The summed E-state index contributed by atoms with van der Waals surface area (Å²) < 4.78 is 24.7. The number of aliphatic carboxylic acids is 1. The molecule has 0 radical (unpaired) electrons. The average molecular weight is 338 g/mol. The van der Waals surface area contributed by atoms with Crippen LogP contribution in [0.2, 0.25) is 0 Å². The van der Waals surface area contributed by atoms with Gasteiger partial charge in [0.15, 0.2) is 0 Å². The van der Waals surface area contributed by atoms with Crippen LogP contribution in [0, 0.1) is 0 Å². The molecule has 0 unspecified atom stereocenters. The van der Waals surface area contributed by atoms with E-state index in [0.717, 1.165) is 11.3 Å². The van der Waals surface area contributed by atoms with Crippen molar-refractivity contribution in [2.24, 2.45) is 0 Å². The molecule has 6 nitrogen and oxygen atoms in total. The van der Waals surface area contributed by atoms with E-state index >= 15 is 0 Å². The Morgan fingerprint density at radius 2 is 1.73 bits per heavy atom. The molecule has 2 N–H and O–H groups in total. The molecule has 114 valence electrons. The Morgan fingerprint density at radius 3 is 2.32 bits per heavy atom. The summed E-state index contributed by atoms with van der Waals surface area (Å²) in [6.45, 7) is 0. The van der Waals surface area contributed by atoms with Gasteiger partial charge in [-0.1, -0.05) is 18.2 Å². The monoisotopic (exact) mass is 338 g/mol. The summed E-state index contributed by atoms with van der Waals surface area (Å²) in [5.41, 5.74) is 0.0640. The van der Waals surface area contributed by atoms with Crippen molar-refractivity contribution >= 4 is 38.7 Å². The molecule has 1 aromatic heterocycles. The Bertz CT molecular complexity index is 846. The minimum absolute atomic E-state index is 0.0172. The molecular weight excluding hydrogens is 328 g/mol. The van der Waals surface area contributed by atoms with Gasteiger partial charge in [0.25, 0.3) is 5.78 Å². The molecule has 1 heterocycles. The summed E-state index contributed by atoms with van der Waals surface area (Å²) in [6.07, 6.45) is 0.531. The lowest BCUT2D eigenvalue weighted by atomic mass is 10.2. The topological polar surface area (TPSA) is 109 Å². The van der Waals surface area contributed by atoms with Crippen LogP contribution in [0.3, 0.4) is 0 Å². The quantitative estimate of drug-likeness (QED) is 0.491. The van der Waals surface area contributed by atoms with E-state index in [4.69, 9.17) is 5.11 Å². The predicted molar refractivity (Wildman–Crippen MR) is 79.5 cm³/mol. The van der Waals surface area contributed by atoms with Crippen LogP contribution < -0.4 is 0 Å². The Kier molecular flexibility index (Phi) is 4.43. The number of carbonyl (C=O) groups excluding carboxylic acids is 1. The van der Waals surface area contributed by atoms with Crippen LogP contribution in [-0.2, 0) is 19.4 Å². The van der Waals surface area contributed by atoms with Crippen molar-refractivity contribution in [2.75, 3.05) is 0 Å². The molecule has 22 heavy (non-hydrogen) atoms. The van der Waals surface area contributed by atoms with Gasteiger partial charge < -0.3 is 10.2 Å². The maximum Gasteiger partial charge on any atom is 0.376 e. The second kappa shape index (κ2) is 6.12. The highest BCUT2D eigenvalue weighted by molar-refractivity contribution is 7.93. The number of aliphatic hydroxyl groups excluding tert-OH is 1. The third kappa shape index (κ3) is 3.23. The van der Waals surface area contributed by atoms with Crippen LogP contribution in [0.4, 0.5) is 0 Å². The number of aliphatic hydroxyl groups is 1. The molecule has 0 bridgehead atoms. The highest BCUT2D eigenvalue weighted by Gasteiger charge is 2.21. The zero-order chi connectivity index (χ0) is 16.3. The van der Waals surface area contributed by atoms with Gasteiger partial charge in [0.05, 0.1) is 4.90 Å². The molecule has 1 aromatic carbocycles. The maximum atomic E-state index is 12.3. The first-order valence-electron chi connectivity index (χ1n) is 5.89. The molecule has 0 saturated carbocycles. The normalized spacial score (nSPS) is 12.1. The van der Waals surface area contributed by atoms with E-state index in [-0.39, 0.29) is 14.7 Å². The van der Waals surface area contributed by atoms with Crippen molar-refractivity contribution in [2.45, 2.75) is 9.10 Å². The van der Waals surface area contributed by atoms with Crippen molar-refractivity contribution in [1.29, 1.82) is 0 Å². The number of benzene rings is 1. The number of carboxylic acid groups (broad SMARTS) is 1. The molecule has 8 heteroatoms. The van der Waals surface area contributed by atoms with E-state index in [2.05, 4.69) is 0 Å². The van der Waals surface area contributed by atoms with Crippen molar-refractivity contribution in [3.8, 4) is 0 Å². The van der Waals surface area contributed by atoms with Gasteiger partial charge in [0.2, 0.25) is 9.84 Å². The predicted octanol–water partition coefficient (Wildman–Crippen LogP) is 2.13. The first-order valence-corrected chi connectivity index (χ1v) is 8.25. The second-order valence-corrected chi connectivity index (χ2v) is 7.26. The molecule has 0 aliphatic heterocycles. The summed E-state index contributed by atoms with van der Waals surface area (Å²) in [5, 5.41) is 19.5. The second-order valence-electron chi connectivity index (χ2n) is 4.17. The van der Waals surface area contributed by atoms with E-state index in [0.29, 0.717) is 6.08 Å². The number of ketones is 1. The number of rotatable bonds is 5. The molecule has 0 aliphatic carbocycles. The van der Waals surface area contributed by atoms with Crippen LogP contribution in [0.5, 0.6) is 0 Å².